The number of carbonyl (C=O) groups is 1. The van der Waals surface area contributed by atoms with Gasteiger partial charge in [-0.3, -0.25) is 9.52 Å². The van der Waals surface area contributed by atoms with Crippen LogP contribution in [-0.4, -0.2) is 19.9 Å². The van der Waals surface area contributed by atoms with Crippen molar-refractivity contribution in [2.24, 2.45) is 0 Å². The highest BCUT2D eigenvalue weighted by atomic mass is 32.2. The maximum Gasteiger partial charge on any atom is 0.263 e. The third-order valence-electron chi connectivity index (χ3n) is 2.07. The van der Waals surface area contributed by atoms with E-state index >= 15 is 0 Å². The summed E-state index contributed by atoms with van der Waals surface area (Å²) in [5.74, 6) is -0.126. The predicted molar refractivity (Wildman–Crippen MR) is 63.6 cm³/mol. The van der Waals surface area contributed by atoms with E-state index < -0.39 is 10.0 Å². The Morgan fingerprint density at radius 2 is 1.94 bits per heavy atom. The molecule has 3 N–H and O–H groups in total. The van der Waals surface area contributed by atoms with Crippen LogP contribution in [0.5, 0.6) is 0 Å². The van der Waals surface area contributed by atoms with Gasteiger partial charge in [0.25, 0.3) is 10.0 Å². The topological polar surface area (TPSA) is 115 Å². The Morgan fingerprint density at radius 1 is 1.28 bits per heavy atom. The van der Waals surface area contributed by atoms with Crippen molar-refractivity contribution in [1.29, 1.82) is 0 Å². The Labute approximate surface area is 103 Å². The third kappa shape index (κ3) is 2.48. The molecule has 0 radical (unpaired) electrons. The van der Waals surface area contributed by atoms with E-state index in [0.29, 0.717) is 12.0 Å². The molecule has 0 fully saturated rings. The molecule has 94 valence electrons. The smallest absolute Gasteiger partial charge is 0.263 e. The molecule has 1 heterocycles. The summed E-state index contributed by atoms with van der Waals surface area (Å²) in [6, 6.07) is 6.83. The molecule has 7 nitrogen and oxygen atoms in total. The first kappa shape index (κ1) is 12.1. The number of nitrogens with one attached hydrogen (secondary N) is 1. The van der Waals surface area contributed by atoms with Gasteiger partial charge < -0.3 is 10.3 Å². The number of aldehydes is 1. The summed E-state index contributed by atoms with van der Waals surface area (Å²) in [6.45, 7) is 0. The average molecular weight is 267 g/mol. The van der Waals surface area contributed by atoms with E-state index in [1.165, 1.54) is 30.3 Å². The van der Waals surface area contributed by atoms with E-state index in [4.69, 9.17) is 5.73 Å². The quantitative estimate of drug-likeness (QED) is 0.627. The van der Waals surface area contributed by atoms with Crippen LogP contribution in [0.1, 0.15) is 10.6 Å². The van der Waals surface area contributed by atoms with Gasteiger partial charge >= 0.3 is 0 Å². The van der Waals surface area contributed by atoms with Gasteiger partial charge in [0.15, 0.2) is 12.1 Å². The summed E-state index contributed by atoms with van der Waals surface area (Å²) < 4.78 is 30.5. The number of nitrogens with zero attached hydrogens (tertiary/aromatic N) is 1. The lowest BCUT2D eigenvalue weighted by molar-refractivity contribution is 0.109. The van der Waals surface area contributed by atoms with Crippen LogP contribution in [0.15, 0.2) is 39.8 Å². The normalized spacial score (nSPS) is 11.1. The molecule has 0 saturated carbocycles. The molecule has 0 amide bonds. The number of anilines is 2. The van der Waals surface area contributed by atoms with Gasteiger partial charge in [0, 0.05) is 11.8 Å². The maximum atomic E-state index is 11.9. The Hall–Kier alpha value is -2.35. The van der Waals surface area contributed by atoms with Crippen molar-refractivity contribution >= 4 is 27.8 Å². The van der Waals surface area contributed by atoms with Crippen LogP contribution < -0.4 is 10.5 Å². The second-order valence-corrected chi connectivity index (χ2v) is 5.09. The second-order valence-electron chi connectivity index (χ2n) is 3.41. The highest BCUT2D eigenvalue weighted by molar-refractivity contribution is 7.92. The molecule has 1 aromatic carbocycles. The number of nitrogen functional groups attached to an aromatic ring is 1. The number of nitrogens with two attached hydrogens (primary N) is 1. The minimum atomic E-state index is -3.77. The molecular weight excluding hydrogens is 258 g/mol. The van der Waals surface area contributed by atoms with Crippen LogP contribution in [0.2, 0.25) is 0 Å². The van der Waals surface area contributed by atoms with Crippen LogP contribution in [0.25, 0.3) is 0 Å². The number of hydrogen-bond donors (Lipinski definition) is 2. The first-order valence-corrected chi connectivity index (χ1v) is 6.30. The number of benzene rings is 1. The summed E-state index contributed by atoms with van der Waals surface area (Å²) >= 11 is 0. The molecule has 0 aliphatic rings. The lowest BCUT2D eigenvalue weighted by Crippen LogP contribution is -2.13. The third-order valence-corrected chi connectivity index (χ3v) is 3.44. The number of aromatic nitrogens is 1. The second kappa shape index (κ2) is 4.49. The first-order chi connectivity index (χ1) is 8.51. The Balaban J connectivity index is 2.26. The van der Waals surface area contributed by atoms with Gasteiger partial charge in [-0.25, -0.2) is 8.42 Å². The van der Waals surface area contributed by atoms with Crippen LogP contribution in [0, 0.1) is 0 Å². The molecule has 0 saturated heterocycles. The lowest BCUT2D eigenvalue weighted by atomic mass is 10.3. The molecule has 0 aliphatic heterocycles. The largest absolute Gasteiger partial charge is 0.399 e. The van der Waals surface area contributed by atoms with Crippen LogP contribution in [0.4, 0.5) is 11.5 Å². The minimum Gasteiger partial charge on any atom is -0.399 e. The van der Waals surface area contributed by atoms with E-state index in [0.717, 1.165) is 0 Å². The molecule has 0 atom stereocenters. The van der Waals surface area contributed by atoms with Gasteiger partial charge in [0.05, 0.1) is 4.90 Å². The van der Waals surface area contributed by atoms with E-state index in [-0.39, 0.29) is 16.5 Å². The fraction of sp³-hybridized carbons (Fsp3) is 0. The van der Waals surface area contributed by atoms with Crippen molar-refractivity contribution < 1.29 is 17.7 Å². The Kier molecular flexibility index (Phi) is 3.02. The molecule has 8 heteroatoms. The maximum absolute atomic E-state index is 11.9. The van der Waals surface area contributed by atoms with Crippen molar-refractivity contribution in [1.82, 2.24) is 5.16 Å². The monoisotopic (exact) mass is 267 g/mol. The number of sulfonamides is 1. The standard InChI is InChI=1S/C10H9N3O4S/c11-7-1-3-9(4-2-7)18(15,16)13-10-5-8(6-14)17-12-10/h1-6H,11H2,(H,12,13). The molecule has 0 bridgehead atoms. The summed E-state index contributed by atoms with van der Waals surface area (Å²) in [4.78, 5) is 10.4. The first-order valence-electron chi connectivity index (χ1n) is 4.81. The van der Waals surface area contributed by atoms with E-state index in [2.05, 4.69) is 14.4 Å². The van der Waals surface area contributed by atoms with E-state index in [1.54, 1.807) is 0 Å². The minimum absolute atomic E-state index is 0.0346. The number of rotatable bonds is 4. The SMILES string of the molecule is Nc1ccc(S(=O)(=O)Nc2cc(C=O)on2)cc1. The van der Waals surface area contributed by atoms with Crippen molar-refractivity contribution in [3.05, 3.63) is 36.1 Å². The lowest BCUT2D eigenvalue weighted by Gasteiger charge is -2.04. The van der Waals surface area contributed by atoms with Crippen LogP contribution >= 0.6 is 0 Å². The summed E-state index contributed by atoms with van der Waals surface area (Å²) in [5.41, 5.74) is 5.92. The van der Waals surface area contributed by atoms with Crippen molar-refractivity contribution in [2.75, 3.05) is 10.5 Å². The van der Waals surface area contributed by atoms with Crippen LogP contribution in [-0.2, 0) is 10.0 Å². The highest BCUT2D eigenvalue weighted by Gasteiger charge is 2.16. The van der Waals surface area contributed by atoms with Gasteiger partial charge in [-0.15, -0.1) is 0 Å². The summed E-state index contributed by atoms with van der Waals surface area (Å²) in [6.07, 6.45) is 0.425. The molecule has 1 aromatic heterocycles. The van der Waals surface area contributed by atoms with Crippen molar-refractivity contribution in [3.63, 3.8) is 0 Å². The molecule has 2 aromatic rings. The molecule has 18 heavy (non-hydrogen) atoms. The van der Waals surface area contributed by atoms with Gasteiger partial charge in [-0.1, -0.05) is 5.16 Å². The Bertz CT molecular complexity index is 661. The van der Waals surface area contributed by atoms with Crippen molar-refractivity contribution in [3.8, 4) is 0 Å². The number of carbonyl (C=O) groups excluding carboxylic acids is 1. The molecule has 0 aliphatic carbocycles. The molecule has 0 spiro atoms. The van der Waals surface area contributed by atoms with Crippen molar-refractivity contribution in [2.45, 2.75) is 4.90 Å². The fourth-order valence-corrected chi connectivity index (χ4v) is 2.22. The highest BCUT2D eigenvalue weighted by Crippen LogP contribution is 2.16. The van der Waals surface area contributed by atoms with E-state index in [1.807, 2.05) is 0 Å². The molecule has 0 unspecified atom stereocenters. The zero-order valence-electron chi connectivity index (χ0n) is 9.03. The summed E-state index contributed by atoms with van der Waals surface area (Å²) in [7, 11) is -3.77. The zero-order valence-corrected chi connectivity index (χ0v) is 9.85. The fourth-order valence-electron chi connectivity index (χ4n) is 1.24. The predicted octanol–water partition coefficient (Wildman–Crippen LogP) is 0.870. The van der Waals surface area contributed by atoms with Gasteiger partial charge in [-0.2, -0.15) is 0 Å². The zero-order chi connectivity index (χ0) is 13.2. The van der Waals surface area contributed by atoms with Crippen LogP contribution in [0.3, 0.4) is 0 Å². The van der Waals surface area contributed by atoms with Gasteiger partial charge in [0.2, 0.25) is 5.76 Å². The summed E-state index contributed by atoms with van der Waals surface area (Å²) in [5, 5.41) is 3.39. The van der Waals surface area contributed by atoms with Gasteiger partial charge in [0.1, 0.15) is 0 Å². The van der Waals surface area contributed by atoms with E-state index in [9.17, 15) is 13.2 Å². The molecular formula is C10H9N3O4S. The molecule has 2 rings (SSSR count). The average Bonchev–Trinajstić information content (AvgIpc) is 2.76. The Morgan fingerprint density at radius 3 is 2.50 bits per heavy atom. The van der Waals surface area contributed by atoms with Gasteiger partial charge in [-0.05, 0) is 24.3 Å². The number of hydrogen-bond acceptors (Lipinski definition) is 6.